The summed E-state index contributed by atoms with van der Waals surface area (Å²) in [6, 6.07) is 11.8. The highest BCUT2D eigenvalue weighted by atomic mass is 19.4. The van der Waals surface area contributed by atoms with Crippen LogP contribution in [0.5, 0.6) is 0 Å². The Hall–Kier alpha value is -3.16. The molecule has 0 atom stereocenters. The average Bonchev–Trinajstić information content (AvgIpc) is 2.87. The highest BCUT2D eigenvalue weighted by molar-refractivity contribution is 5.46. The van der Waals surface area contributed by atoms with E-state index in [0.717, 1.165) is 22.4 Å². The molecular formula is C18H15F3N4O. The third-order valence-electron chi connectivity index (χ3n) is 3.74. The molecule has 0 aliphatic carbocycles. The van der Waals surface area contributed by atoms with E-state index >= 15 is 0 Å². The number of rotatable bonds is 3. The van der Waals surface area contributed by atoms with Gasteiger partial charge in [0.15, 0.2) is 5.69 Å². The lowest BCUT2D eigenvalue weighted by molar-refractivity contribution is -0.137. The summed E-state index contributed by atoms with van der Waals surface area (Å²) in [5.41, 5.74) is 0.692. The van der Waals surface area contributed by atoms with E-state index in [1.807, 2.05) is 19.1 Å². The minimum atomic E-state index is -4.49. The first kappa shape index (κ1) is 17.7. The number of aromatic amines is 1. The number of benzene rings is 2. The van der Waals surface area contributed by atoms with Crippen LogP contribution < -0.4 is 5.56 Å². The maximum atomic E-state index is 12.9. The van der Waals surface area contributed by atoms with Gasteiger partial charge in [-0.25, -0.2) is 4.68 Å². The van der Waals surface area contributed by atoms with Crippen molar-refractivity contribution < 1.29 is 13.2 Å². The van der Waals surface area contributed by atoms with Gasteiger partial charge in [0.2, 0.25) is 0 Å². The monoisotopic (exact) mass is 360 g/mol. The van der Waals surface area contributed by atoms with Crippen LogP contribution in [0, 0.1) is 13.8 Å². The van der Waals surface area contributed by atoms with Crippen molar-refractivity contribution in [1.82, 2.24) is 9.78 Å². The lowest BCUT2D eigenvalue weighted by Crippen LogP contribution is -2.15. The Labute approximate surface area is 146 Å². The van der Waals surface area contributed by atoms with Crippen LogP contribution in [0.15, 0.2) is 63.6 Å². The summed E-state index contributed by atoms with van der Waals surface area (Å²) >= 11 is 0. The highest BCUT2D eigenvalue weighted by Crippen LogP contribution is 2.30. The fourth-order valence-electron chi connectivity index (χ4n) is 2.46. The van der Waals surface area contributed by atoms with Gasteiger partial charge in [-0.2, -0.15) is 18.3 Å². The van der Waals surface area contributed by atoms with Crippen molar-refractivity contribution in [3.8, 4) is 5.69 Å². The van der Waals surface area contributed by atoms with Gasteiger partial charge >= 0.3 is 6.18 Å². The topological polar surface area (TPSA) is 62.5 Å². The number of nitrogens with zero attached hydrogens (tertiary/aromatic N) is 3. The molecule has 0 aliphatic heterocycles. The summed E-state index contributed by atoms with van der Waals surface area (Å²) < 4.78 is 39.7. The Morgan fingerprint density at radius 1 is 1.00 bits per heavy atom. The number of alkyl halides is 3. The molecule has 1 N–H and O–H groups in total. The first-order valence-electron chi connectivity index (χ1n) is 7.73. The summed E-state index contributed by atoms with van der Waals surface area (Å²) in [5.74, 6) is 0. The first-order valence-corrected chi connectivity index (χ1v) is 7.73. The number of aromatic nitrogens is 2. The molecule has 0 saturated heterocycles. The Morgan fingerprint density at radius 2 is 1.73 bits per heavy atom. The molecule has 134 valence electrons. The molecule has 8 heteroatoms. The van der Waals surface area contributed by atoms with Crippen molar-refractivity contribution in [2.75, 3.05) is 0 Å². The van der Waals surface area contributed by atoms with Gasteiger partial charge in [-0.3, -0.25) is 9.89 Å². The predicted octanol–water partition coefficient (Wildman–Crippen LogP) is 5.22. The SMILES string of the molecule is Cc1cccc(N=Nc2c(C)[nH]n(-c3cccc(C(F)(F)F)c3)c2=O)c1. The second kappa shape index (κ2) is 6.62. The third kappa shape index (κ3) is 3.58. The maximum absolute atomic E-state index is 12.9. The molecule has 0 bridgehead atoms. The molecule has 3 rings (SSSR count). The number of H-pyrrole nitrogens is 1. The van der Waals surface area contributed by atoms with Gasteiger partial charge in [-0.05, 0) is 49.7 Å². The molecule has 0 unspecified atom stereocenters. The smallest absolute Gasteiger partial charge is 0.293 e. The zero-order valence-electron chi connectivity index (χ0n) is 14.0. The van der Waals surface area contributed by atoms with E-state index in [1.54, 1.807) is 19.1 Å². The van der Waals surface area contributed by atoms with Crippen molar-refractivity contribution in [3.63, 3.8) is 0 Å². The van der Waals surface area contributed by atoms with Crippen LogP contribution in [-0.2, 0) is 6.18 Å². The molecule has 0 saturated carbocycles. The van der Waals surface area contributed by atoms with Crippen LogP contribution >= 0.6 is 0 Å². The number of halogens is 3. The molecule has 0 aliphatic rings. The van der Waals surface area contributed by atoms with Crippen molar-refractivity contribution in [2.24, 2.45) is 10.2 Å². The molecule has 1 heterocycles. The number of azo groups is 1. The fourth-order valence-corrected chi connectivity index (χ4v) is 2.46. The molecular weight excluding hydrogens is 345 g/mol. The van der Waals surface area contributed by atoms with Gasteiger partial charge in [-0.1, -0.05) is 18.2 Å². The molecule has 0 amide bonds. The minimum absolute atomic E-state index is 0.0453. The van der Waals surface area contributed by atoms with Crippen molar-refractivity contribution >= 4 is 11.4 Å². The third-order valence-corrected chi connectivity index (χ3v) is 3.74. The Balaban J connectivity index is 2.00. The number of hydrogen-bond acceptors (Lipinski definition) is 3. The normalized spacial score (nSPS) is 12.0. The standard InChI is InChI=1S/C18H15F3N4O/c1-11-5-3-7-14(9-11)22-23-16-12(2)24-25(17(16)26)15-8-4-6-13(10-15)18(19,20)21/h3-10,24H,1-2H3. The molecule has 2 aromatic carbocycles. The van der Waals surface area contributed by atoms with E-state index < -0.39 is 17.3 Å². The lowest BCUT2D eigenvalue weighted by atomic mass is 10.2. The molecule has 1 aromatic heterocycles. The van der Waals surface area contributed by atoms with E-state index in [0.29, 0.717) is 11.4 Å². The summed E-state index contributed by atoms with van der Waals surface area (Å²) in [5, 5.41) is 10.7. The van der Waals surface area contributed by atoms with Gasteiger partial charge in [0.05, 0.1) is 22.6 Å². The van der Waals surface area contributed by atoms with Crippen molar-refractivity contribution in [2.45, 2.75) is 20.0 Å². The van der Waals surface area contributed by atoms with E-state index in [-0.39, 0.29) is 11.4 Å². The summed E-state index contributed by atoms with van der Waals surface area (Å²) in [4.78, 5) is 12.5. The summed E-state index contributed by atoms with van der Waals surface area (Å²) in [7, 11) is 0. The number of nitrogens with one attached hydrogen (secondary N) is 1. The zero-order chi connectivity index (χ0) is 18.9. The van der Waals surface area contributed by atoms with Gasteiger partial charge in [0.1, 0.15) is 0 Å². The van der Waals surface area contributed by atoms with Crippen LogP contribution in [-0.4, -0.2) is 9.78 Å². The minimum Gasteiger partial charge on any atom is -0.293 e. The fraction of sp³-hybridized carbons (Fsp3) is 0.167. The van der Waals surface area contributed by atoms with Gasteiger partial charge < -0.3 is 0 Å². The van der Waals surface area contributed by atoms with Gasteiger partial charge in [-0.15, -0.1) is 5.11 Å². The van der Waals surface area contributed by atoms with E-state index in [9.17, 15) is 18.0 Å². The molecule has 0 radical (unpaired) electrons. The Morgan fingerprint density at radius 3 is 2.42 bits per heavy atom. The van der Waals surface area contributed by atoms with Crippen LogP contribution in [0.4, 0.5) is 24.5 Å². The number of aryl methyl sites for hydroxylation is 2. The summed E-state index contributed by atoms with van der Waals surface area (Å²) in [6.07, 6.45) is -4.49. The average molecular weight is 360 g/mol. The van der Waals surface area contributed by atoms with Gasteiger partial charge in [0, 0.05) is 0 Å². The van der Waals surface area contributed by atoms with E-state index in [1.165, 1.54) is 12.1 Å². The second-order valence-corrected chi connectivity index (χ2v) is 5.81. The molecule has 5 nitrogen and oxygen atoms in total. The van der Waals surface area contributed by atoms with Gasteiger partial charge in [0.25, 0.3) is 5.56 Å². The summed E-state index contributed by atoms with van der Waals surface area (Å²) in [6.45, 7) is 3.51. The molecule has 0 fully saturated rings. The zero-order valence-corrected chi connectivity index (χ0v) is 14.0. The van der Waals surface area contributed by atoms with Crippen LogP contribution in [0.2, 0.25) is 0 Å². The van der Waals surface area contributed by atoms with E-state index in [4.69, 9.17) is 0 Å². The molecule has 3 aromatic rings. The Bertz CT molecular complexity index is 1030. The first-order chi connectivity index (χ1) is 12.3. The van der Waals surface area contributed by atoms with E-state index in [2.05, 4.69) is 15.3 Å². The van der Waals surface area contributed by atoms with Crippen LogP contribution in [0.3, 0.4) is 0 Å². The van der Waals surface area contributed by atoms with Crippen LogP contribution in [0.25, 0.3) is 5.69 Å². The highest BCUT2D eigenvalue weighted by Gasteiger charge is 2.30. The number of hydrogen-bond donors (Lipinski definition) is 1. The Kier molecular flexibility index (Phi) is 4.50. The largest absolute Gasteiger partial charge is 0.416 e. The van der Waals surface area contributed by atoms with Crippen molar-refractivity contribution in [3.05, 3.63) is 75.7 Å². The van der Waals surface area contributed by atoms with Crippen molar-refractivity contribution in [1.29, 1.82) is 0 Å². The predicted molar refractivity (Wildman–Crippen MR) is 91.5 cm³/mol. The maximum Gasteiger partial charge on any atom is 0.416 e. The lowest BCUT2D eigenvalue weighted by Gasteiger charge is -2.08. The van der Waals surface area contributed by atoms with Crippen LogP contribution in [0.1, 0.15) is 16.8 Å². The molecule has 0 spiro atoms. The molecule has 26 heavy (non-hydrogen) atoms. The second-order valence-electron chi connectivity index (χ2n) is 5.81. The quantitative estimate of drug-likeness (QED) is 0.640.